The Labute approximate surface area is 167 Å². The molecule has 0 bridgehead atoms. The smallest absolute Gasteiger partial charge is 0.204 e. The van der Waals surface area contributed by atoms with Crippen molar-refractivity contribution in [3.05, 3.63) is 116 Å². The molecule has 1 aromatic heterocycles. The van der Waals surface area contributed by atoms with Crippen LogP contribution in [-0.4, -0.2) is 10.9 Å². The monoisotopic (exact) mass is 382 g/mol. The molecular formula is C25H18O4. The summed E-state index contributed by atoms with van der Waals surface area (Å²) in [5.74, 6) is 0.0465. The molecule has 1 heterocycles. The van der Waals surface area contributed by atoms with Crippen LogP contribution in [0, 0.1) is 0 Å². The molecule has 0 saturated heterocycles. The molecule has 0 saturated carbocycles. The average molecular weight is 382 g/mol. The molecule has 1 N–H and O–H groups in total. The lowest BCUT2D eigenvalue weighted by Crippen LogP contribution is -2.33. The SMILES string of the molecule is O=C1Cc2oc3c(c(=O)c2C=C1O)C=CC(c1ccccc1)(c1ccccc1)C3. The number of aliphatic hydroxyl groups excluding tert-OH is 1. The van der Waals surface area contributed by atoms with Crippen LogP contribution < -0.4 is 5.43 Å². The quantitative estimate of drug-likeness (QED) is 0.721. The predicted molar refractivity (Wildman–Crippen MR) is 111 cm³/mol. The summed E-state index contributed by atoms with van der Waals surface area (Å²) < 4.78 is 6.09. The maximum Gasteiger partial charge on any atom is 0.204 e. The van der Waals surface area contributed by atoms with Crippen LogP contribution in [0.5, 0.6) is 0 Å². The Morgan fingerprint density at radius 3 is 2.07 bits per heavy atom. The summed E-state index contributed by atoms with van der Waals surface area (Å²) in [6.45, 7) is 0. The summed E-state index contributed by atoms with van der Waals surface area (Å²) in [7, 11) is 0. The first-order valence-electron chi connectivity index (χ1n) is 9.51. The van der Waals surface area contributed by atoms with E-state index in [-0.39, 0.29) is 17.4 Å². The van der Waals surface area contributed by atoms with Gasteiger partial charge in [-0.25, -0.2) is 0 Å². The van der Waals surface area contributed by atoms with Crippen LogP contribution in [0.4, 0.5) is 0 Å². The number of benzene rings is 2. The fourth-order valence-electron chi connectivity index (χ4n) is 4.26. The first-order valence-corrected chi connectivity index (χ1v) is 9.51. The normalized spacial score (nSPS) is 16.7. The van der Waals surface area contributed by atoms with Gasteiger partial charge in [-0.3, -0.25) is 9.59 Å². The van der Waals surface area contributed by atoms with Gasteiger partial charge in [0, 0.05) is 11.8 Å². The summed E-state index contributed by atoms with van der Waals surface area (Å²) >= 11 is 0. The van der Waals surface area contributed by atoms with Gasteiger partial charge in [0.1, 0.15) is 11.5 Å². The van der Waals surface area contributed by atoms with Crippen molar-refractivity contribution in [2.24, 2.45) is 0 Å². The minimum absolute atomic E-state index is 0.104. The lowest BCUT2D eigenvalue weighted by molar-refractivity contribution is -0.117. The van der Waals surface area contributed by atoms with Crippen molar-refractivity contribution in [2.45, 2.75) is 18.3 Å². The average Bonchev–Trinajstić information content (AvgIpc) is 2.76. The van der Waals surface area contributed by atoms with Crippen molar-refractivity contribution in [3.63, 3.8) is 0 Å². The van der Waals surface area contributed by atoms with Crippen molar-refractivity contribution < 1.29 is 14.3 Å². The van der Waals surface area contributed by atoms with E-state index in [4.69, 9.17) is 4.42 Å². The topological polar surface area (TPSA) is 67.5 Å². The summed E-state index contributed by atoms with van der Waals surface area (Å²) in [5, 5.41) is 9.75. The van der Waals surface area contributed by atoms with Crippen molar-refractivity contribution in [3.8, 4) is 0 Å². The number of rotatable bonds is 2. The first-order chi connectivity index (χ1) is 14.1. The summed E-state index contributed by atoms with van der Waals surface area (Å²) in [6, 6.07) is 20.2. The molecule has 4 nitrogen and oxygen atoms in total. The molecule has 0 aliphatic heterocycles. The van der Waals surface area contributed by atoms with Crippen LogP contribution in [-0.2, 0) is 23.1 Å². The number of carbonyl (C=O) groups excluding carboxylic acids is 1. The highest BCUT2D eigenvalue weighted by molar-refractivity contribution is 6.01. The molecule has 0 amide bonds. The van der Waals surface area contributed by atoms with Crippen LogP contribution in [0.1, 0.15) is 33.8 Å². The Morgan fingerprint density at radius 1 is 0.828 bits per heavy atom. The lowest BCUT2D eigenvalue weighted by Gasteiger charge is -2.35. The third kappa shape index (κ3) is 2.68. The molecule has 3 aromatic rings. The molecule has 0 spiro atoms. The van der Waals surface area contributed by atoms with E-state index in [1.54, 1.807) is 0 Å². The molecule has 29 heavy (non-hydrogen) atoms. The zero-order valence-corrected chi connectivity index (χ0v) is 15.6. The minimum atomic E-state index is -0.476. The van der Waals surface area contributed by atoms with Gasteiger partial charge in [0.15, 0.2) is 11.2 Å². The molecule has 142 valence electrons. The number of hydrogen-bond donors (Lipinski definition) is 1. The molecule has 0 unspecified atom stereocenters. The Bertz CT molecular complexity index is 1190. The van der Waals surface area contributed by atoms with E-state index in [2.05, 4.69) is 30.3 Å². The van der Waals surface area contributed by atoms with Gasteiger partial charge in [0.2, 0.25) is 5.78 Å². The predicted octanol–water partition coefficient (Wildman–Crippen LogP) is 4.22. The van der Waals surface area contributed by atoms with E-state index in [1.165, 1.54) is 6.08 Å². The molecule has 0 fully saturated rings. The first kappa shape index (κ1) is 17.4. The second-order valence-corrected chi connectivity index (χ2v) is 7.45. The Kier molecular flexibility index (Phi) is 3.88. The summed E-state index contributed by atoms with van der Waals surface area (Å²) in [5.41, 5.74) is 2.24. The van der Waals surface area contributed by atoms with Gasteiger partial charge < -0.3 is 9.52 Å². The molecule has 5 rings (SSSR count). The molecule has 0 radical (unpaired) electrons. The zero-order chi connectivity index (χ0) is 20.0. The van der Waals surface area contributed by atoms with Gasteiger partial charge >= 0.3 is 0 Å². The van der Waals surface area contributed by atoms with E-state index in [1.807, 2.05) is 42.5 Å². The van der Waals surface area contributed by atoms with E-state index < -0.39 is 17.0 Å². The van der Waals surface area contributed by atoms with E-state index >= 15 is 0 Å². The molecule has 2 aliphatic carbocycles. The Balaban J connectivity index is 1.73. The highest BCUT2D eigenvalue weighted by Crippen LogP contribution is 2.41. The highest BCUT2D eigenvalue weighted by Gasteiger charge is 2.37. The van der Waals surface area contributed by atoms with Gasteiger partial charge in [-0.2, -0.15) is 0 Å². The van der Waals surface area contributed by atoms with E-state index in [0.717, 1.165) is 11.1 Å². The number of ketones is 1. The van der Waals surface area contributed by atoms with Gasteiger partial charge in [-0.1, -0.05) is 72.8 Å². The van der Waals surface area contributed by atoms with Gasteiger partial charge in [-0.05, 0) is 17.2 Å². The Morgan fingerprint density at radius 2 is 1.45 bits per heavy atom. The largest absolute Gasteiger partial charge is 0.504 e. The number of hydrogen-bond acceptors (Lipinski definition) is 4. The van der Waals surface area contributed by atoms with Crippen molar-refractivity contribution in [1.29, 1.82) is 0 Å². The summed E-state index contributed by atoms with van der Waals surface area (Å²) in [6.07, 6.45) is 5.46. The van der Waals surface area contributed by atoms with E-state index in [9.17, 15) is 14.7 Å². The van der Waals surface area contributed by atoms with Gasteiger partial charge in [0.05, 0.1) is 17.5 Å². The number of carbonyl (C=O) groups is 1. The van der Waals surface area contributed by atoms with Crippen molar-refractivity contribution in [2.75, 3.05) is 0 Å². The fraction of sp³-hybridized carbons (Fsp3) is 0.120. The van der Waals surface area contributed by atoms with Crippen LogP contribution in [0.25, 0.3) is 12.2 Å². The maximum absolute atomic E-state index is 13.0. The maximum atomic E-state index is 13.0. The van der Waals surface area contributed by atoms with Gasteiger partial charge in [0.25, 0.3) is 0 Å². The molecule has 4 heteroatoms. The van der Waals surface area contributed by atoms with Crippen molar-refractivity contribution in [1.82, 2.24) is 0 Å². The minimum Gasteiger partial charge on any atom is -0.504 e. The second-order valence-electron chi connectivity index (χ2n) is 7.45. The number of allylic oxidation sites excluding steroid dienone is 2. The zero-order valence-electron chi connectivity index (χ0n) is 15.6. The standard InChI is InChI=1S/C25H18O4/c26-20-13-19-22(14-21(20)27)29-23-15-25(12-11-18(23)24(19)28,16-7-3-1-4-8-16)17-9-5-2-6-10-17/h1-13,26H,14-15H2. The van der Waals surface area contributed by atoms with Crippen LogP contribution >= 0.6 is 0 Å². The fourth-order valence-corrected chi connectivity index (χ4v) is 4.26. The number of fused-ring (bicyclic) bond motifs is 2. The molecule has 2 aromatic carbocycles. The Hall–Kier alpha value is -3.66. The lowest BCUT2D eigenvalue weighted by atomic mass is 9.68. The molecular weight excluding hydrogens is 364 g/mol. The third-order valence-electron chi connectivity index (χ3n) is 5.78. The van der Waals surface area contributed by atoms with Crippen LogP contribution in [0.3, 0.4) is 0 Å². The highest BCUT2D eigenvalue weighted by atomic mass is 16.3. The third-order valence-corrected chi connectivity index (χ3v) is 5.78. The molecule has 2 aliphatic rings. The molecule has 0 atom stereocenters. The van der Waals surface area contributed by atoms with Crippen LogP contribution in [0.2, 0.25) is 0 Å². The number of aliphatic hydroxyl groups is 1. The van der Waals surface area contributed by atoms with Crippen LogP contribution in [0.15, 0.2) is 81.7 Å². The second kappa shape index (κ2) is 6.45. The van der Waals surface area contributed by atoms with Gasteiger partial charge in [-0.15, -0.1) is 0 Å². The van der Waals surface area contributed by atoms with Crippen molar-refractivity contribution >= 4 is 17.9 Å². The summed E-state index contributed by atoms with van der Waals surface area (Å²) in [4.78, 5) is 24.9. The van der Waals surface area contributed by atoms with E-state index in [0.29, 0.717) is 23.5 Å². The number of Topliss-reactive ketones (excluding diaryl/α,β-unsaturated/α-hetero) is 1.